The van der Waals surface area contributed by atoms with Gasteiger partial charge >= 0.3 is 0 Å². The van der Waals surface area contributed by atoms with Gasteiger partial charge in [0.05, 0.1) is 11.4 Å². The van der Waals surface area contributed by atoms with Gasteiger partial charge in [0.2, 0.25) is 0 Å². The van der Waals surface area contributed by atoms with E-state index < -0.39 is 0 Å². The van der Waals surface area contributed by atoms with Gasteiger partial charge in [0.15, 0.2) is 5.58 Å². The third kappa shape index (κ3) is 4.14. The first-order chi connectivity index (χ1) is 19.5. The number of benzene rings is 4. The molecule has 204 valence electrons. The van der Waals surface area contributed by atoms with Gasteiger partial charge in [-0.25, -0.2) is 0 Å². The van der Waals surface area contributed by atoms with Crippen LogP contribution in [0.1, 0.15) is 58.2 Å². The number of para-hydroxylation sites is 1. The van der Waals surface area contributed by atoms with E-state index in [2.05, 4.69) is 121 Å². The number of nitrogens with zero attached hydrogens (tertiary/aromatic N) is 1. The fourth-order valence-corrected chi connectivity index (χ4v) is 6.02. The number of furan rings is 1. The highest BCUT2D eigenvalue weighted by Crippen LogP contribution is 2.49. The average Bonchev–Trinajstić information content (AvgIpc) is 3.32. The molecule has 0 radical (unpaired) electrons. The number of nitrogens with one attached hydrogen (secondary N) is 1. The van der Waals surface area contributed by atoms with Crippen LogP contribution in [0.5, 0.6) is 0 Å². The summed E-state index contributed by atoms with van der Waals surface area (Å²) in [6, 6.07) is 28.5. The molecule has 41 heavy (non-hydrogen) atoms. The van der Waals surface area contributed by atoms with E-state index in [1.165, 1.54) is 33.4 Å². The molecule has 0 fully saturated rings. The van der Waals surface area contributed by atoms with Crippen molar-refractivity contribution >= 4 is 33.3 Å². The Bertz CT molecular complexity index is 1980. The summed E-state index contributed by atoms with van der Waals surface area (Å²) in [6.07, 6.45) is 2.02. The van der Waals surface area contributed by atoms with Gasteiger partial charge in [0, 0.05) is 39.3 Å². The maximum absolute atomic E-state index is 6.53. The van der Waals surface area contributed by atoms with E-state index in [1.54, 1.807) is 0 Å². The number of anilines is 2. The molecule has 0 saturated carbocycles. The van der Waals surface area contributed by atoms with Crippen LogP contribution < -0.4 is 5.32 Å². The predicted octanol–water partition coefficient (Wildman–Crippen LogP) is 10.9. The monoisotopic (exact) mass is 536 g/mol. The predicted molar refractivity (Wildman–Crippen MR) is 173 cm³/mol. The molecule has 0 atom stereocenters. The lowest BCUT2D eigenvalue weighted by molar-refractivity contribution is 0.587. The van der Waals surface area contributed by atoms with Gasteiger partial charge in [0.1, 0.15) is 5.58 Å². The van der Waals surface area contributed by atoms with Crippen molar-refractivity contribution in [1.29, 1.82) is 0 Å². The maximum atomic E-state index is 6.53. The maximum Gasteiger partial charge on any atom is 0.159 e. The summed E-state index contributed by atoms with van der Waals surface area (Å²) in [6.45, 7) is 15.8. The lowest BCUT2D eigenvalue weighted by Gasteiger charge is -2.28. The number of pyridine rings is 1. The van der Waals surface area contributed by atoms with E-state index in [0.29, 0.717) is 0 Å². The fourth-order valence-electron chi connectivity index (χ4n) is 6.02. The van der Waals surface area contributed by atoms with Crippen molar-refractivity contribution in [3.05, 3.63) is 102 Å². The molecule has 0 unspecified atom stereocenters. The second-order valence-electron chi connectivity index (χ2n) is 13.5. The van der Waals surface area contributed by atoms with Gasteiger partial charge < -0.3 is 9.73 Å². The molecular formula is C38H36N2O. The van der Waals surface area contributed by atoms with Crippen LogP contribution in [-0.4, -0.2) is 4.98 Å². The zero-order valence-electron chi connectivity index (χ0n) is 24.9. The third-order valence-corrected chi connectivity index (χ3v) is 8.61. The molecule has 2 bridgehead atoms. The zero-order valence-corrected chi connectivity index (χ0v) is 24.9. The Hall–Kier alpha value is -4.37. The molecule has 0 amide bonds. The summed E-state index contributed by atoms with van der Waals surface area (Å²) in [7, 11) is 0. The van der Waals surface area contributed by atoms with Gasteiger partial charge in [-0.15, -0.1) is 0 Å². The highest BCUT2D eigenvalue weighted by molar-refractivity contribution is 6.13. The van der Waals surface area contributed by atoms with E-state index in [9.17, 15) is 0 Å². The molecule has 0 aliphatic carbocycles. The van der Waals surface area contributed by atoms with E-state index in [4.69, 9.17) is 9.40 Å². The summed E-state index contributed by atoms with van der Waals surface area (Å²) in [4.78, 5) is 4.88. The Morgan fingerprint density at radius 3 is 2.10 bits per heavy atom. The Labute approximate surface area is 242 Å². The Balaban J connectivity index is 1.50. The molecule has 1 N–H and O–H groups in total. The van der Waals surface area contributed by atoms with Crippen molar-refractivity contribution in [3.63, 3.8) is 0 Å². The molecule has 0 saturated heterocycles. The van der Waals surface area contributed by atoms with Crippen molar-refractivity contribution in [2.45, 2.75) is 59.3 Å². The van der Waals surface area contributed by atoms with Crippen molar-refractivity contribution < 1.29 is 4.42 Å². The summed E-state index contributed by atoms with van der Waals surface area (Å²) in [5.74, 6) is 0. The van der Waals surface area contributed by atoms with Crippen LogP contribution in [0.25, 0.3) is 55.4 Å². The van der Waals surface area contributed by atoms with Crippen LogP contribution in [0.4, 0.5) is 11.4 Å². The van der Waals surface area contributed by atoms with Crippen LogP contribution in [0.15, 0.2) is 89.5 Å². The van der Waals surface area contributed by atoms with Gasteiger partial charge in [-0.05, 0) is 75.9 Å². The molecule has 3 heteroatoms. The number of aromatic nitrogens is 1. The molecule has 3 heterocycles. The number of hydrogen-bond acceptors (Lipinski definition) is 3. The summed E-state index contributed by atoms with van der Waals surface area (Å²) >= 11 is 0. The van der Waals surface area contributed by atoms with Crippen LogP contribution in [0, 0.1) is 6.92 Å². The molecular weight excluding hydrogens is 500 g/mol. The second kappa shape index (κ2) is 8.81. The summed E-state index contributed by atoms with van der Waals surface area (Å²) in [5, 5.41) is 6.10. The van der Waals surface area contributed by atoms with Crippen molar-refractivity contribution in [2.24, 2.45) is 0 Å². The number of rotatable bonds is 1. The minimum absolute atomic E-state index is 0.00440. The SMILES string of the molecule is Cc1c2cc(C(C)(C)C)cc1-c1ccc3c(oc4ccccc43)c1Nc1ccc(-c3ccc(C(C)(C)C)cn3)cc1-2. The normalized spacial score (nSPS) is 13.0. The smallest absolute Gasteiger partial charge is 0.159 e. The van der Waals surface area contributed by atoms with Gasteiger partial charge in [-0.1, -0.05) is 90.1 Å². The van der Waals surface area contributed by atoms with Crippen LogP contribution in [0.3, 0.4) is 0 Å². The first kappa shape index (κ1) is 25.6. The molecule has 1 aliphatic rings. The van der Waals surface area contributed by atoms with Crippen LogP contribution in [-0.2, 0) is 10.8 Å². The quantitative estimate of drug-likeness (QED) is 0.227. The standard InChI is InChI=1S/C38H36N2O/c1-22-29-19-25(38(5,6)7)20-30(22)31-18-23(32-17-13-24(21-39-32)37(2,3)4)12-16-33(31)40-35-27(29)14-15-28-26-10-8-9-11-34(26)41-36(28)35/h8-21,40H,1-7H3. The molecule has 1 aliphatic heterocycles. The highest BCUT2D eigenvalue weighted by atomic mass is 16.3. The van der Waals surface area contributed by atoms with E-state index in [-0.39, 0.29) is 10.8 Å². The Morgan fingerprint density at radius 1 is 0.659 bits per heavy atom. The molecule has 4 aromatic carbocycles. The molecule has 0 spiro atoms. The van der Waals surface area contributed by atoms with E-state index >= 15 is 0 Å². The molecule has 7 rings (SSSR count). The first-order valence-electron chi connectivity index (χ1n) is 14.5. The average molecular weight is 537 g/mol. The zero-order chi connectivity index (χ0) is 28.7. The largest absolute Gasteiger partial charge is 0.454 e. The van der Waals surface area contributed by atoms with Crippen molar-refractivity contribution in [1.82, 2.24) is 4.98 Å². The number of fused-ring (bicyclic) bond motifs is 10. The summed E-state index contributed by atoms with van der Waals surface area (Å²) in [5.41, 5.74) is 14.7. The fraction of sp³-hybridized carbons (Fsp3) is 0.237. The first-order valence-corrected chi connectivity index (χ1v) is 14.5. The van der Waals surface area contributed by atoms with Gasteiger partial charge in [-0.3, -0.25) is 4.98 Å². The van der Waals surface area contributed by atoms with Gasteiger partial charge in [-0.2, -0.15) is 0 Å². The van der Waals surface area contributed by atoms with Crippen molar-refractivity contribution in [2.75, 3.05) is 5.32 Å². The minimum atomic E-state index is -0.00440. The lowest BCUT2D eigenvalue weighted by Crippen LogP contribution is -2.13. The van der Waals surface area contributed by atoms with Crippen LogP contribution >= 0.6 is 0 Å². The van der Waals surface area contributed by atoms with Gasteiger partial charge in [0.25, 0.3) is 0 Å². The highest BCUT2D eigenvalue weighted by Gasteiger charge is 2.26. The Morgan fingerprint density at radius 2 is 1.39 bits per heavy atom. The molecule has 2 aromatic heterocycles. The topological polar surface area (TPSA) is 38.1 Å². The Kier molecular flexibility index (Phi) is 5.50. The van der Waals surface area contributed by atoms with E-state index in [1.807, 2.05) is 18.3 Å². The summed E-state index contributed by atoms with van der Waals surface area (Å²) < 4.78 is 6.53. The lowest BCUT2D eigenvalue weighted by atomic mass is 9.80. The molecule has 3 nitrogen and oxygen atoms in total. The van der Waals surface area contributed by atoms with Crippen LogP contribution in [0.2, 0.25) is 0 Å². The molecule has 6 aromatic rings. The number of hydrogen-bond donors (Lipinski definition) is 1. The second-order valence-corrected chi connectivity index (χ2v) is 13.5. The van der Waals surface area contributed by atoms with Crippen molar-refractivity contribution in [3.8, 4) is 33.5 Å². The minimum Gasteiger partial charge on any atom is -0.454 e. The van der Waals surface area contributed by atoms with E-state index in [0.717, 1.165) is 50.1 Å². The third-order valence-electron chi connectivity index (χ3n) is 8.61.